The van der Waals surface area contributed by atoms with Crippen LogP contribution in [0.3, 0.4) is 0 Å². The molecule has 1 amide bonds. The lowest BCUT2D eigenvalue weighted by Crippen LogP contribution is -2.32. The Balaban J connectivity index is 1.77. The molecule has 0 bridgehead atoms. The van der Waals surface area contributed by atoms with E-state index in [4.69, 9.17) is 4.74 Å². The van der Waals surface area contributed by atoms with Gasteiger partial charge in [0.1, 0.15) is 5.75 Å². The Labute approximate surface area is 156 Å². The van der Waals surface area contributed by atoms with Crippen molar-refractivity contribution in [3.05, 3.63) is 57.7 Å². The highest BCUT2D eigenvalue weighted by Gasteiger charge is 2.19. The molecule has 2 aromatic carbocycles. The summed E-state index contributed by atoms with van der Waals surface area (Å²) < 4.78 is 8.43. The topological polar surface area (TPSA) is 60.3 Å². The average Bonchev–Trinajstić information content (AvgIpc) is 2.93. The zero-order valence-corrected chi connectivity index (χ0v) is 15.9. The summed E-state index contributed by atoms with van der Waals surface area (Å²) in [6, 6.07) is 13.2. The fourth-order valence-corrected chi connectivity index (χ4v) is 3.84. The number of amides is 1. The molecule has 3 rings (SSSR count). The van der Waals surface area contributed by atoms with Crippen LogP contribution in [0.2, 0.25) is 0 Å². The van der Waals surface area contributed by atoms with Crippen molar-refractivity contribution in [1.29, 1.82) is 0 Å². The van der Waals surface area contributed by atoms with Crippen molar-refractivity contribution >= 4 is 33.1 Å². The van der Waals surface area contributed by atoms with Crippen LogP contribution in [-0.2, 0) is 11.3 Å². The summed E-state index contributed by atoms with van der Waals surface area (Å²) in [7, 11) is 0. The smallest absolute Gasteiger partial charge is 0.308 e. The Bertz CT molecular complexity index is 990. The van der Waals surface area contributed by atoms with Crippen LogP contribution in [0.4, 0.5) is 5.69 Å². The first-order valence-corrected chi connectivity index (χ1v) is 9.51. The number of aromatic nitrogens is 1. The number of hydrogen-bond acceptors (Lipinski definition) is 4. The molecule has 0 aliphatic heterocycles. The molecular formula is C20H22N2O3S. The number of rotatable bonds is 6. The van der Waals surface area contributed by atoms with Gasteiger partial charge in [-0.2, -0.15) is 0 Å². The Kier molecular flexibility index (Phi) is 5.42. The second-order valence-corrected chi connectivity index (χ2v) is 7.11. The van der Waals surface area contributed by atoms with Crippen molar-refractivity contribution in [3.8, 4) is 5.75 Å². The molecule has 0 radical (unpaired) electrons. The maximum atomic E-state index is 12.6. The number of ether oxygens (including phenoxy) is 1. The summed E-state index contributed by atoms with van der Waals surface area (Å²) in [6.45, 7) is 6.47. The number of benzene rings is 2. The Hall–Kier alpha value is -2.60. The molecule has 1 atom stereocenters. The SMILES string of the molecule is CCC(Oc1cccc(C)c1)C(=O)Nc1ccc2c(c1)sc(=O)n2CC. The van der Waals surface area contributed by atoms with Crippen LogP contribution in [0.5, 0.6) is 5.75 Å². The van der Waals surface area contributed by atoms with Gasteiger partial charge in [-0.25, -0.2) is 0 Å². The molecule has 0 aliphatic carbocycles. The number of thiazole rings is 1. The van der Waals surface area contributed by atoms with Crippen LogP contribution in [0.15, 0.2) is 47.3 Å². The third-order valence-corrected chi connectivity index (χ3v) is 5.13. The van der Waals surface area contributed by atoms with E-state index in [1.165, 1.54) is 11.3 Å². The van der Waals surface area contributed by atoms with Gasteiger partial charge in [-0.15, -0.1) is 0 Å². The average molecular weight is 370 g/mol. The highest BCUT2D eigenvalue weighted by molar-refractivity contribution is 7.16. The fourth-order valence-electron chi connectivity index (χ4n) is 2.84. The van der Waals surface area contributed by atoms with Gasteiger partial charge in [0.15, 0.2) is 6.10 Å². The van der Waals surface area contributed by atoms with Gasteiger partial charge >= 0.3 is 4.87 Å². The van der Waals surface area contributed by atoms with Crippen molar-refractivity contribution in [1.82, 2.24) is 4.57 Å². The van der Waals surface area contributed by atoms with Crippen LogP contribution in [-0.4, -0.2) is 16.6 Å². The van der Waals surface area contributed by atoms with Crippen molar-refractivity contribution in [3.63, 3.8) is 0 Å². The normalized spacial score (nSPS) is 12.1. The second kappa shape index (κ2) is 7.74. The van der Waals surface area contributed by atoms with Crippen molar-refractivity contribution in [2.24, 2.45) is 0 Å². The van der Waals surface area contributed by atoms with E-state index in [-0.39, 0.29) is 10.8 Å². The first kappa shape index (κ1) is 18.2. The largest absolute Gasteiger partial charge is 0.481 e. The number of aryl methyl sites for hydroxylation is 2. The number of nitrogens with zero attached hydrogens (tertiary/aromatic N) is 1. The molecule has 1 N–H and O–H groups in total. The summed E-state index contributed by atoms with van der Waals surface area (Å²) >= 11 is 1.19. The van der Waals surface area contributed by atoms with E-state index in [1.807, 2.05) is 63.2 Å². The zero-order valence-electron chi connectivity index (χ0n) is 15.1. The Morgan fingerprint density at radius 1 is 1.23 bits per heavy atom. The van der Waals surface area contributed by atoms with E-state index in [9.17, 15) is 9.59 Å². The number of nitrogens with one attached hydrogen (secondary N) is 1. The van der Waals surface area contributed by atoms with Gasteiger partial charge < -0.3 is 10.1 Å². The van der Waals surface area contributed by atoms with Gasteiger partial charge in [-0.3, -0.25) is 14.2 Å². The minimum atomic E-state index is -0.577. The highest BCUT2D eigenvalue weighted by atomic mass is 32.1. The molecule has 0 spiro atoms. The molecule has 0 aliphatic rings. The lowest BCUT2D eigenvalue weighted by Gasteiger charge is -2.17. The molecular weight excluding hydrogens is 348 g/mol. The van der Waals surface area contributed by atoms with E-state index in [1.54, 1.807) is 4.57 Å². The Morgan fingerprint density at radius 3 is 2.73 bits per heavy atom. The molecule has 0 fully saturated rings. The molecule has 26 heavy (non-hydrogen) atoms. The summed E-state index contributed by atoms with van der Waals surface area (Å²) in [5.41, 5.74) is 2.64. The lowest BCUT2D eigenvalue weighted by atomic mass is 10.2. The van der Waals surface area contributed by atoms with Gasteiger partial charge in [-0.05, 0) is 56.2 Å². The predicted molar refractivity (Wildman–Crippen MR) is 106 cm³/mol. The highest BCUT2D eigenvalue weighted by Crippen LogP contribution is 2.23. The molecule has 1 aromatic heterocycles. The molecule has 136 valence electrons. The molecule has 3 aromatic rings. The zero-order chi connectivity index (χ0) is 18.7. The summed E-state index contributed by atoms with van der Waals surface area (Å²) in [5, 5.41) is 2.90. The molecule has 6 heteroatoms. The van der Waals surface area contributed by atoms with Gasteiger partial charge in [-0.1, -0.05) is 30.4 Å². The second-order valence-electron chi connectivity index (χ2n) is 6.12. The van der Waals surface area contributed by atoms with E-state index < -0.39 is 6.10 Å². The van der Waals surface area contributed by atoms with Crippen LogP contribution in [0, 0.1) is 6.92 Å². The number of anilines is 1. The van der Waals surface area contributed by atoms with Gasteiger partial charge in [0.25, 0.3) is 5.91 Å². The van der Waals surface area contributed by atoms with Crippen LogP contribution in [0.1, 0.15) is 25.8 Å². The first-order valence-electron chi connectivity index (χ1n) is 8.69. The summed E-state index contributed by atoms with van der Waals surface area (Å²) in [5.74, 6) is 0.483. The standard InChI is InChI=1S/C20H22N2O3S/c1-4-17(25-15-8-6-7-13(3)11-15)19(23)21-14-9-10-16-18(12-14)26-20(24)22(16)5-2/h6-12,17H,4-5H2,1-3H3,(H,21,23). The number of carbonyl (C=O) groups excluding carboxylic acids is 1. The van der Waals surface area contributed by atoms with Gasteiger partial charge in [0.05, 0.1) is 10.2 Å². The van der Waals surface area contributed by atoms with E-state index >= 15 is 0 Å². The Morgan fingerprint density at radius 2 is 2.04 bits per heavy atom. The monoisotopic (exact) mass is 370 g/mol. The van der Waals surface area contributed by atoms with Crippen LogP contribution in [0.25, 0.3) is 10.2 Å². The third-order valence-electron chi connectivity index (χ3n) is 4.18. The van der Waals surface area contributed by atoms with E-state index in [0.29, 0.717) is 24.4 Å². The molecule has 5 nitrogen and oxygen atoms in total. The molecule has 1 unspecified atom stereocenters. The van der Waals surface area contributed by atoms with Crippen LogP contribution < -0.4 is 14.9 Å². The summed E-state index contributed by atoms with van der Waals surface area (Å²) in [4.78, 5) is 24.6. The quantitative estimate of drug-likeness (QED) is 0.708. The number of hydrogen-bond donors (Lipinski definition) is 1. The number of fused-ring (bicyclic) bond motifs is 1. The van der Waals surface area contributed by atoms with Crippen molar-refractivity contribution < 1.29 is 9.53 Å². The summed E-state index contributed by atoms with van der Waals surface area (Å²) in [6.07, 6.45) is -0.0202. The van der Waals surface area contributed by atoms with Crippen molar-refractivity contribution in [2.75, 3.05) is 5.32 Å². The minimum absolute atomic E-state index is 0.0141. The van der Waals surface area contributed by atoms with E-state index in [0.717, 1.165) is 15.8 Å². The molecule has 0 saturated heterocycles. The number of carbonyl (C=O) groups is 1. The third kappa shape index (κ3) is 3.80. The lowest BCUT2D eigenvalue weighted by molar-refractivity contribution is -0.122. The minimum Gasteiger partial charge on any atom is -0.481 e. The van der Waals surface area contributed by atoms with Crippen molar-refractivity contribution in [2.45, 2.75) is 39.8 Å². The molecule has 0 saturated carbocycles. The van der Waals surface area contributed by atoms with E-state index in [2.05, 4.69) is 5.32 Å². The van der Waals surface area contributed by atoms with Gasteiger partial charge in [0, 0.05) is 12.2 Å². The van der Waals surface area contributed by atoms with Crippen LogP contribution >= 0.6 is 11.3 Å². The first-order chi connectivity index (χ1) is 12.5. The molecule has 1 heterocycles. The fraction of sp³-hybridized carbons (Fsp3) is 0.300. The maximum Gasteiger partial charge on any atom is 0.308 e. The maximum absolute atomic E-state index is 12.6. The predicted octanol–water partition coefficient (Wildman–Crippen LogP) is 4.19. The van der Waals surface area contributed by atoms with Gasteiger partial charge in [0.2, 0.25) is 0 Å².